The van der Waals surface area contributed by atoms with Gasteiger partial charge in [0.25, 0.3) is 0 Å². The first-order valence-corrected chi connectivity index (χ1v) is 10.1. The van der Waals surface area contributed by atoms with E-state index in [0.717, 1.165) is 30.2 Å². The number of halogens is 1. The van der Waals surface area contributed by atoms with Gasteiger partial charge < -0.3 is 5.32 Å². The molecular formula is C18H19ClN2O3S. The molecule has 0 radical (unpaired) electrons. The number of carbonyl (C=O) groups excluding carboxylic acids is 1. The van der Waals surface area contributed by atoms with Crippen molar-refractivity contribution in [2.24, 2.45) is 0 Å². The molecule has 2 N–H and O–H groups in total. The monoisotopic (exact) mass is 378 g/mol. The van der Waals surface area contributed by atoms with Crippen LogP contribution in [0.5, 0.6) is 0 Å². The predicted molar refractivity (Wildman–Crippen MR) is 101 cm³/mol. The fraction of sp³-hybridized carbons (Fsp3) is 0.278. The lowest BCUT2D eigenvalue weighted by Crippen LogP contribution is -2.27. The number of hydrogen-bond donors (Lipinski definition) is 2. The molecule has 132 valence electrons. The first kappa shape index (κ1) is 17.8. The number of hydrogen-bond acceptors (Lipinski definition) is 3. The predicted octanol–water partition coefficient (Wildman–Crippen LogP) is 3.69. The highest BCUT2D eigenvalue weighted by Gasteiger charge is 2.51. The van der Waals surface area contributed by atoms with Crippen molar-refractivity contribution >= 4 is 38.9 Å². The molecule has 2 aromatic rings. The van der Waals surface area contributed by atoms with E-state index >= 15 is 0 Å². The van der Waals surface area contributed by atoms with Crippen molar-refractivity contribution in [1.29, 1.82) is 0 Å². The van der Waals surface area contributed by atoms with Crippen molar-refractivity contribution in [1.82, 2.24) is 0 Å². The third kappa shape index (κ3) is 3.96. The number of amides is 1. The average molecular weight is 379 g/mol. The van der Waals surface area contributed by atoms with Crippen LogP contribution < -0.4 is 10.0 Å². The lowest BCUT2D eigenvalue weighted by molar-refractivity contribution is -0.118. The molecule has 0 spiro atoms. The van der Waals surface area contributed by atoms with Gasteiger partial charge in [0.05, 0.1) is 17.4 Å². The lowest BCUT2D eigenvalue weighted by atomic mass is 9.95. The maximum Gasteiger partial charge on any atom is 0.235 e. The van der Waals surface area contributed by atoms with Gasteiger partial charge in [-0.05, 0) is 55.2 Å². The molecule has 1 saturated carbocycles. The molecule has 1 amide bonds. The van der Waals surface area contributed by atoms with Crippen molar-refractivity contribution in [3.63, 3.8) is 0 Å². The van der Waals surface area contributed by atoms with E-state index in [1.165, 1.54) is 0 Å². The second-order valence-corrected chi connectivity index (χ2v) is 8.64. The maximum atomic E-state index is 12.8. The van der Waals surface area contributed by atoms with Crippen molar-refractivity contribution in [3.05, 3.63) is 58.6 Å². The summed E-state index contributed by atoms with van der Waals surface area (Å²) < 4.78 is 25.4. The van der Waals surface area contributed by atoms with Crippen LogP contribution in [0.3, 0.4) is 0 Å². The highest BCUT2D eigenvalue weighted by molar-refractivity contribution is 7.92. The van der Waals surface area contributed by atoms with Gasteiger partial charge in [0, 0.05) is 10.7 Å². The van der Waals surface area contributed by atoms with Gasteiger partial charge in [-0.3, -0.25) is 9.52 Å². The van der Waals surface area contributed by atoms with Crippen molar-refractivity contribution in [3.8, 4) is 0 Å². The third-order valence-electron chi connectivity index (χ3n) is 4.35. The first-order valence-electron chi connectivity index (χ1n) is 7.86. The highest BCUT2D eigenvalue weighted by atomic mass is 35.5. The summed E-state index contributed by atoms with van der Waals surface area (Å²) in [6, 6.07) is 12.5. The minimum Gasteiger partial charge on any atom is -0.325 e. The Hall–Kier alpha value is -2.05. The van der Waals surface area contributed by atoms with E-state index in [9.17, 15) is 13.2 Å². The Morgan fingerprint density at radius 1 is 1.16 bits per heavy atom. The number of anilines is 2. The Bertz CT molecular complexity index is 937. The quantitative estimate of drug-likeness (QED) is 0.833. The van der Waals surface area contributed by atoms with Crippen LogP contribution in [-0.4, -0.2) is 20.6 Å². The molecule has 1 aliphatic carbocycles. The summed E-state index contributed by atoms with van der Waals surface area (Å²) in [7, 11) is -3.39. The number of rotatable bonds is 5. The van der Waals surface area contributed by atoms with Crippen LogP contribution in [0.4, 0.5) is 11.4 Å². The Kier molecular flexibility index (Phi) is 4.51. The Morgan fingerprint density at radius 3 is 2.48 bits per heavy atom. The average Bonchev–Trinajstić information content (AvgIpc) is 3.31. The fourth-order valence-electron chi connectivity index (χ4n) is 2.82. The van der Waals surface area contributed by atoms with Gasteiger partial charge in [0.1, 0.15) is 0 Å². The maximum absolute atomic E-state index is 12.8. The zero-order valence-electron chi connectivity index (χ0n) is 14.0. The van der Waals surface area contributed by atoms with Crippen LogP contribution in [0.2, 0.25) is 5.02 Å². The van der Waals surface area contributed by atoms with Gasteiger partial charge in [-0.2, -0.15) is 0 Å². The zero-order chi connectivity index (χ0) is 18.2. The molecule has 1 aliphatic rings. The summed E-state index contributed by atoms with van der Waals surface area (Å²) in [6.07, 6.45) is 2.62. The molecule has 0 unspecified atom stereocenters. The van der Waals surface area contributed by atoms with E-state index in [2.05, 4.69) is 10.0 Å². The Balaban J connectivity index is 1.83. The summed E-state index contributed by atoms with van der Waals surface area (Å²) in [6.45, 7) is 1.80. The standard InChI is InChI=1S/C18H19ClN2O3S/c1-12-6-7-15(11-16(12)21-25(2,23)24)20-17(22)18(8-9-18)13-4-3-5-14(19)10-13/h3-7,10-11,21H,8-9H2,1-2H3,(H,20,22). The van der Waals surface area contributed by atoms with Crippen LogP contribution in [0.15, 0.2) is 42.5 Å². The highest BCUT2D eigenvalue weighted by Crippen LogP contribution is 2.49. The van der Waals surface area contributed by atoms with Gasteiger partial charge in [-0.15, -0.1) is 0 Å². The van der Waals surface area contributed by atoms with Crippen molar-refractivity contribution in [2.75, 3.05) is 16.3 Å². The summed E-state index contributed by atoms with van der Waals surface area (Å²) in [5.41, 5.74) is 2.13. The van der Waals surface area contributed by atoms with Crippen LogP contribution >= 0.6 is 11.6 Å². The van der Waals surface area contributed by atoms with E-state index in [4.69, 9.17) is 11.6 Å². The molecule has 0 aliphatic heterocycles. The van der Waals surface area contributed by atoms with Crippen LogP contribution in [0.1, 0.15) is 24.0 Å². The van der Waals surface area contributed by atoms with Crippen LogP contribution in [0, 0.1) is 6.92 Å². The molecule has 2 aromatic carbocycles. The molecule has 0 heterocycles. The number of carbonyl (C=O) groups is 1. The summed E-state index contributed by atoms with van der Waals surface area (Å²) in [5.74, 6) is -0.107. The van der Waals surface area contributed by atoms with Gasteiger partial charge in [-0.25, -0.2) is 8.42 Å². The molecule has 5 nitrogen and oxygen atoms in total. The lowest BCUT2D eigenvalue weighted by Gasteiger charge is -2.17. The number of nitrogens with one attached hydrogen (secondary N) is 2. The first-order chi connectivity index (χ1) is 11.7. The van der Waals surface area contributed by atoms with Crippen LogP contribution in [0.25, 0.3) is 0 Å². The van der Waals surface area contributed by atoms with Crippen molar-refractivity contribution in [2.45, 2.75) is 25.2 Å². The van der Waals surface area contributed by atoms with Gasteiger partial charge >= 0.3 is 0 Å². The molecular weight excluding hydrogens is 360 g/mol. The smallest absolute Gasteiger partial charge is 0.235 e. The van der Waals surface area contributed by atoms with Crippen LogP contribution in [-0.2, 0) is 20.2 Å². The van der Waals surface area contributed by atoms with E-state index < -0.39 is 15.4 Å². The summed E-state index contributed by atoms with van der Waals surface area (Å²) in [4.78, 5) is 12.8. The van der Waals surface area contributed by atoms with E-state index in [-0.39, 0.29) is 5.91 Å². The molecule has 25 heavy (non-hydrogen) atoms. The number of aryl methyl sites for hydroxylation is 1. The van der Waals surface area contributed by atoms with Gasteiger partial charge in [0.15, 0.2) is 0 Å². The molecule has 0 saturated heterocycles. The van der Waals surface area contributed by atoms with E-state index in [1.807, 2.05) is 18.2 Å². The third-order valence-corrected chi connectivity index (χ3v) is 5.18. The zero-order valence-corrected chi connectivity index (χ0v) is 15.5. The summed E-state index contributed by atoms with van der Waals surface area (Å²) >= 11 is 6.05. The van der Waals surface area contributed by atoms with E-state index in [0.29, 0.717) is 16.4 Å². The molecule has 0 aromatic heterocycles. The molecule has 7 heteroatoms. The van der Waals surface area contributed by atoms with Crippen molar-refractivity contribution < 1.29 is 13.2 Å². The fourth-order valence-corrected chi connectivity index (χ4v) is 3.63. The molecule has 1 fully saturated rings. The Morgan fingerprint density at radius 2 is 1.88 bits per heavy atom. The minimum absolute atomic E-state index is 0.107. The summed E-state index contributed by atoms with van der Waals surface area (Å²) in [5, 5.41) is 3.50. The molecule has 3 rings (SSSR count). The topological polar surface area (TPSA) is 75.3 Å². The Labute approximate surface area is 152 Å². The largest absolute Gasteiger partial charge is 0.325 e. The number of sulfonamides is 1. The number of benzene rings is 2. The second-order valence-electron chi connectivity index (χ2n) is 6.45. The van der Waals surface area contributed by atoms with Gasteiger partial charge in [0.2, 0.25) is 15.9 Å². The molecule has 0 bridgehead atoms. The minimum atomic E-state index is -3.39. The normalized spacial score (nSPS) is 15.5. The van der Waals surface area contributed by atoms with E-state index in [1.54, 1.807) is 31.2 Å². The molecule has 0 atom stereocenters. The second kappa shape index (κ2) is 6.35. The van der Waals surface area contributed by atoms with Gasteiger partial charge in [-0.1, -0.05) is 29.8 Å². The SMILES string of the molecule is Cc1ccc(NC(=O)C2(c3cccc(Cl)c3)CC2)cc1NS(C)(=O)=O.